The van der Waals surface area contributed by atoms with Gasteiger partial charge in [0.25, 0.3) is 5.91 Å². The van der Waals surface area contributed by atoms with Crippen molar-refractivity contribution in [3.63, 3.8) is 0 Å². The summed E-state index contributed by atoms with van der Waals surface area (Å²) >= 11 is 0. The molecule has 19 heavy (non-hydrogen) atoms. The first kappa shape index (κ1) is 15.0. The first-order chi connectivity index (χ1) is 9.17. The summed E-state index contributed by atoms with van der Waals surface area (Å²) in [4.78, 5) is 22.9. The van der Waals surface area contributed by atoms with Gasteiger partial charge in [-0.15, -0.1) is 0 Å². The number of carbonyl (C=O) groups is 2. The molecular formula is C13H20N4O2. The van der Waals surface area contributed by atoms with E-state index in [1.165, 1.54) is 7.05 Å². The molecule has 0 saturated heterocycles. The molecule has 0 aliphatic heterocycles. The minimum atomic E-state index is -0.455. The predicted octanol–water partition coefficient (Wildman–Crippen LogP) is 0.167. The van der Waals surface area contributed by atoms with Gasteiger partial charge in [-0.3, -0.25) is 10.2 Å². The summed E-state index contributed by atoms with van der Waals surface area (Å²) in [5, 5.41) is 5.44. The number of carbonyl (C=O) groups excluding carboxylic acids is 2. The van der Waals surface area contributed by atoms with Crippen LogP contribution >= 0.6 is 0 Å². The minimum Gasteiger partial charge on any atom is -0.340 e. The van der Waals surface area contributed by atoms with Gasteiger partial charge in [-0.1, -0.05) is 37.3 Å². The summed E-state index contributed by atoms with van der Waals surface area (Å²) in [5.41, 5.74) is 5.70. The second-order valence-corrected chi connectivity index (χ2v) is 3.99. The Kier molecular flexibility index (Phi) is 6.38. The quantitative estimate of drug-likeness (QED) is 0.572. The number of hydrazine groups is 1. The lowest BCUT2D eigenvalue weighted by molar-refractivity contribution is -0.123. The molecule has 104 valence electrons. The Balaban J connectivity index is 2.56. The van der Waals surface area contributed by atoms with E-state index in [9.17, 15) is 9.59 Å². The molecular weight excluding hydrogens is 244 g/mol. The van der Waals surface area contributed by atoms with Crippen molar-refractivity contribution >= 4 is 11.9 Å². The number of likely N-dealkylation sites (N-methyl/N-ethyl adjacent to an activating group) is 1. The maximum atomic E-state index is 11.9. The summed E-state index contributed by atoms with van der Waals surface area (Å²) in [6.07, 6.45) is 0.565. The van der Waals surface area contributed by atoms with Gasteiger partial charge in [0.15, 0.2) is 0 Å². The van der Waals surface area contributed by atoms with Gasteiger partial charge in [0, 0.05) is 7.05 Å². The normalized spacial score (nSPS) is 11.5. The van der Waals surface area contributed by atoms with Crippen LogP contribution in [0.25, 0.3) is 0 Å². The zero-order chi connectivity index (χ0) is 14.1. The molecule has 0 radical (unpaired) electrons. The highest BCUT2D eigenvalue weighted by atomic mass is 16.2. The minimum absolute atomic E-state index is 0.269. The van der Waals surface area contributed by atoms with Crippen LogP contribution in [0.15, 0.2) is 30.3 Å². The van der Waals surface area contributed by atoms with Crippen LogP contribution < -0.4 is 21.5 Å². The molecule has 0 heterocycles. The van der Waals surface area contributed by atoms with Crippen LogP contribution in [-0.2, 0) is 11.2 Å². The van der Waals surface area contributed by atoms with E-state index in [0.717, 1.165) is 5.56 Å². The summed E-state index contributed by atoms with van der Waals surface area (Å²) in [6, 6.07) is 8.87. The summed E-state index contributed by atoms with van der Waals surface area (Å²) in [5.74, 6) is -0.269. The molecule has 1 unspecified atom stereocenters. The smallest absolute Gasteiger partial charge is 0.333 e. The van der Waals surface area contributed by atoms with Crippen LogP contribution in [0.5, 0.6) is 0 Å². The number of rotatable bonds is 5. The van der Waals surface area contributed by atoms with Crippen molar-refractivity contribution in [1.82, 2.24) is 21.5 Å². The molecule has 6 nitrogen and oxygen atoms in total. The Bertz CT molecular complexity index is 408. The van der Waals surface area contributed by atoms with Crippen molar-refractivity contribution < 1.29 is 9.59 Å². The molecule has 3 amide bonds. The molecule has 0 saturated carbocycles. The molecule has 0 aliphatic carbocycles. The summed E-state index contributed by atoms with van der Waals surface area (Å²) in [6.45, 7) is 2.60. The molecule has 0 aromatic heterocycles. The number of hydrogen-bond acceptors (Lipinski definition) is 3. The fourth-order valence-electron chi connectivity index (χ4n) is 1.62. The van der Waals surface area contributed by atoms with Crippen LogP contribution in [0, 0.1) is 0 Å². The van der Waals surface area contributed by atoms with Gasteiger partial charge in [-0.05, 0) is 18.5 Å². The zero-order valence-electron chi connectivity index (χ0n) is 11.2. The Labute approximate surface area is 112 Å². The fourth-order valence-corrected chi connectivity index (χ4v) is 1.62. The van der Waals surface area contributed by atoms with E-state index in [1.54, 1.807) is 0 Å². The van der Waals surface area contributed by atoms with Crippen molar-refractivity contribution in [3.8, 4) is 0 Å². The van der Waals surface area contributed by atoms with E-state index in [2.05, 4.69) is 21.5 Å². The largest absolute Gasteiger partial charge is 0.340 e. The molecule has 1 aromatic carbocycles. The Hall–Kier alpha value is -2.08. The molecule has 1 aromatic rings. The van der Waals surface area contributed by atoms with E-state index >= 15 is 0 Å². The lowest BCUT2D eigenvalue weighted by Crippen LogP contribution is -2.53. The standard InChI is InChI=1S/C13H20N4O2/c1-3-15-11(9-10-7-5-4-6-8-10)12(18)16-17-13(19)14-2/h4-8,11,15H,3,9H2,1-2H3,(H,16,18)(H2,14,17,19). The average Bonchev–Trinajstić information content (AvgIpc) is 2.45. The number of urea groups is 1. The Morgan fingerprint density at radius 2 is 1.84 bits per heavy atom. The third kappa shape index (κ3) is 5.39. The molecule has 1 rings (SSSR count). The first-order valence-corrected chi connectivity index (χ1v) is 6.22. The van der Waals surface area contributed by atoms with Gasteiger partial charge in [0.1, 0.15) is 0 Å². The molecule has 0 aliphatic rings. The summed E-state index contributed by atoms with van der Waals surface area (Å²) in [7, 11) is 1.48. The SMILES string of the molecule is CCNC(Cc1ccccc1)C(=O)NNC(=O)NC. The highest BCUT2D eigenvalue weighted by Gasteiger charge is 2.17. The zero-order valence-corrected chi connectivity index (χ0v) is 11.2. The van der Waals surface area contributed by atoms with Gasteiger partial charge in [0.2, 0.25) is 0 Å². The van der Waals surface area contributed by atoms with Crippen molar-refractivity contribution in [3.05, 3.63) is 35.9 Å². The molecule has 6 heteroatoms. The third-order valence-electron chi connectivity index (χ3n) is 2.58. The van der Waals surface area contributed by atoms with Crippen LogP contribution in [0.1, 0.15) is 12.5 Å². The summed E-state index contributed by atoms with van der Waals surface area (Å²) < 4.78 is 0. The lowest BCUT2D eigenvalue weighted by atomic mass is 10.1. The topological polar surface area (TPSA) is 82.3 Å². The Morgan fingerprint density at radius 1 is 1.16 bits per heavy atom. The number of nitrogens with one attached hydrogen (secondary N) is 4. The third-order valence-corrected chi connectivity index (χ3v) is 2.58. The molecule has 1 atom stereocenters. The van der Waals surface area contributed by atoms with E-state index in [0.29, 0.717) is 13.0 Å². The van der Waals surface area contributed by atoms with Gasteiger partial charge in [-0.2, -0.15) is 0 Å². The maximum absolute atomic E-state index is 11.9. The van der Waals surface area contributed by atoms with Crippen molar-refractivity contribution in [2.75, 3.05) is 13.6 Å². The first-order valence-electron chi connectivity index (χ1n) is 6.22. The molecule has 4 N–H and O–H groups in total. The molecule has 0 spiro atoms. The van der Waals surface area contributed by atoms with Crippen LogP contribution in [-0.4, -0.2) is 31.6 Å². The molecule has 0 bridgehead atoms. The fraction of sp³-hybridized carbons (Fsp3) is 0.385. The lowest BCUT2D eigenvalue weighted by Gasteiger charge is -2.17. The highest BCUT2D eigenvalue weighted by Crippen LogP contribution is 2.03. The maximum Gasteiger partial charge on any atom is 0.333 e. The average molecular weight is 264 g/mol. The number of amides is 3. The number of benzene rings is 1. The second-order valence-electron chi connectivity index (χ2n) is 3.99. The van der Waals surface area contributed by atoms with Gasteiger partial charge < -0.3 is 10.6 Å². The van der Waals surface area contributed by atoms with Crippen molar-refractivity contribution in [1.29, 1.82) is 0 Å². The van der Waals surface area contributed by atoms with Gasteiger partial charge in [-0.25, -0.2) is 10.2 Å². The van der Waals surface area contributed by atoms with Gasteiger partial charge in [0.05, 0.1) is 6.04 Å². The van der Waals surface area contributed by atoms with E-state index < -0.39 is 6.03 Å². The monoisotopic (exact) mass is 264 g/mol. The highest BCUT2D eigenvalue weighted by molar-refractivity contribution is 5.84. The van der Waals surface area contributed by atoms with Crippen LogP contribution in [0.4, 0.5) is 4.79 Å². The second kappa shape index (κ2) is 8.10. The van der Waals surface area contributed by atoms with E-state index in [4.69, 9.17) is 0 Å². The van der Waals surface area contributed by atoms with Crippen molar-refractivity contribution in [2.45, 2.75) is 19.4 Å². The van der Waals surface area contributed by atoms with Crippen LogP contribution in [0.3, 0.4) is 0 Å². The van der Waals surface area contributed by atoms with Gasteiger partial charge >= 0.3 is 6.03 Å². The van der Waals surface area contributed by atoms with E-state index in [-0.39, 0.29) is 11.9 Å². The Morgan fingerprint density at radius 3 is 2.42 bits per heavy atom. The molecule has 0 fully saturated rings. The van der Waals surface area contributed by atoms with Crippen LogP contribution in [0.2, 0.25) is 0 Å². The van der Waals surface area contributed by atoms with Crippen molar-refractivity contribution in [2.24, 2.45) is 0 Å². The van der Waals surface area contributed by atoms with E-state index in [1.807, 2.05) is 37.3 Å². The number of hydrogen-bond donors (Lipinski definition) is 4. The predicted molar refractivity (Wildman–Crippen MR) is 73.3 cm³/mol.